The second kappa shape index (κ2) is 10.4. The maximum Gasteiger partial charge on any atom is 0.260 e. The van der Waals surface area contributed by atoms with Crippen LogP contribution in [0.1, 0.15) is 22.6 Å². The molecule has 2 aromatic carbocycles. The molecule has 8 heteroatoms. The van der Waals surface area contributed by atoms with Gasteiger partial charge in [-0.1, -0.05) is 35.3 Å². The minimum absolute atomic E-state index is 0.00910. The number of rotatable bonds is 6. The first-order chi connectivity index (χ1) is 15.9. The molecule has 4 rings (SSSR count). The summed E-state index contributed by atoms with van der Waals surface area (Å²) in [6, 6.07) is 14.9. The molecule has 1 fully saturated rings. The minimum Gasteiger partial charge on any atom is -0.484 e. The Kier molecular flexibility index (Phi) is 7.36. The Morgan fingerprint density at radius 2 is 1.52 bits per heavy atom. The molecule has 0 atom stereocenters. The zero-order valence-electron chi connectivity index (χ0n) is 18.7. The number of ether oxygens (including phenoxy) is 1. The van der Waals surface area contributed by atoms with E-state index in [1.54, 1.807) is 24.3 Å². The number of carbonyl (C=O) groups is 1. The molecule has 1 aliphatic heterocycles. The number of piperazine rings is 1. The van der Waals surface area contributed by atoms with Crippen LogP contribution in [0.2, 0.25) is 10.0 Å². The smallest absolute Gasteiger partial charge is 0.260 e. The van der Waals surface area contributed by atoms with Gasteiger partial charge in [0.1, 0.15) is 17.4 Å². The average molecular weight is 485 g/mol. The zero-order chi connectivity index (χ0) is 23.4. The van der Waals surface area contributed by atoms with Gasteiger partial charge in [-0.25, -0.2) is 9.97 Å². The SMILES string of the molecule is Cc1nc(C)c(Cc2ccc(Cl)cc2)c(N2CCN(C(=O)COc3ccc(Cl)cc3)CC2)n1. The average Bonchev–Trinajstić information content (AvgIpc) is 2.81. The fourth-order valence-corrected chi connectivity index (χ4v) is 4.18. The topological polar surface area (TPSA) is 58.6 Å². The van der Waals surface area contributed by atoms with E-state index in [1.807, 2.05) is 43.0 Å². The van der Waals surface area contributed by atoms with Crippen LogP contribution in [0, 0.1) is 13.8 Å². The molecular weight excluding hydrogens is 459 g/mol. The third-order valence-corrected chi connectivity index (χ3v) is 6.21. The van der Waals surface area contributed by atoms with Crippen LogP contribution in [0.15, 0.2) is 48.5 Å². The molecule has 1 amide bonds. The van der Waals surface area contributed by atoms with E-state index in [2.05, 4.69) is 9.88 Å². The highest BCUT2D eigenvalue weighted by Gasteiger charge is 2.25. The number of halogens is 2. The third-order valence-electron chi connectivity index (χ3n) is 5.71. The Labute approximate surface area is 204 Å². The van der Waals surface area contributed by atoms with Crippen molar-refractivity contribution in [1.29, 1.82) is 0 Å². The van der Waals surface area contributed by atoms with E-state index >= 15 is 0 Å². The second-order valence-corrected chi connectivity index (χ2v) is 8.94. The Morgan fingerprint density at radius 3 is 2.15 bits per heavy atom. The van der Waals surface area contributed by atoms with Crippen molar-refractivity contribution in [2.24, 2.45) is 0 Å². The van der Waals surface area contributed by atoms with E-state index < -0.39 is 0 Å². The molecule has 0 saturated carbocycles. The molecule has 0 unspecified atom stereocenters. The van der Waals surface area contributed by atoms with Crippen molar-refractivity contribution in [3.8, 4) is 5.75 Å². The van der Waals surface area contributed by atoms with Crippen LogP contribution in [0.25, 0.3) is 0 Å². The summed E-state index contributed by atoms with van der Waals surface area (Å²) in [5.74, 6) is 2.29. The van der Waals surface area contributed by atoms with Gasteiger partial charge in [0, 0.05) is 53.9 Å². The predicted octanol–water partition coefficient (Wildman–Crippen LogP) is 4.72. The normalized spacial score (nSPS) is 13.8. The highest BCUT2D eigenvalue weighted by molar-refractivity contribution is 6.30. The Balaban J connectivity index is 1.41. The summed E-state index contributed by atoms with van der Waals surface area (Å²) in [6.07, 6.45) is 0.729. The van der Waals surface area contributed by atoms with Crippen molar-refractivity contribution in [2.75, 3.05) is 37.7 Å². The lowest BCUT2D eigenvalue weighted by atomic mass is 10.0. The van der Waals surface area contributed by atoms with Gasteiger partial charge in [-0.05, 0) is 55.8 Å². The predicted molar refractivity (Wildman–Crippen MR) is 132 cm³/mol. The quantitative estimate of drug-likeness (QED) is 0.506. The molecule has 0 aliphatic carbocycles. The first kappa shape index (κ1) is 23.3. The van der Waals surface area contributed by atoms with E-state index in [9.17, 15) is 4.79 Å². The molecule has 6 nitrogen and oxygen atoms in total. The van der Waals surface area contributed by atoms with Crippen molar-refractivity contribution in [3.63, 3.8) is 0 Å². The molecule has 1 saturated heterocycles. The summed E-state index contributed by atoms with van der Waals surface area (Å²) in [6.45, 7) is 6.59. The van der Waals surface area contributed by atoms with E-state index in [4.69, 9.17) is 32.9 Å². The fourth-order valence-electron chi connectivity index (χ4n) is 3.93. The molecule has 172 valence electrons. The van der Waals surface area contributed by atoms with Crippen molar-refractivity contribution in [3.05, 3.63) is 81.2 Å². The molecule has 0 spiro atoms. The van der Waals surface area contributed by atoms with Gasteiger partial charge in [0.15, 0.2) is 6.61 Å². The molecule has 33 heavy (non-hydrogen) atoms. The van der Waals surface area contributed by atoms with Crippen LogP contribution in [0.5, 0.6) is 5.75 Å². The number of hydrogen-bond donors (Lipinski definition) is 0. The van der Waals surface area contributed by atoms with Gasteiger partial charge >= 0.3 is 0 Å². The minimum atomic E-state index is -0.0268. The number of aromatic nitrogens is 2. The number of hydrogen-bond acceptors (Lipinski definition) is 5. The number of benzene rings is 2. The number of aryl methyl sites for hydroxylation is 2. The highest BCUT2D eigenvalue weighted by Crippen LogP contribution is 2.26. The second-order valence-electron chi connectivity index (χ2n) is 8.07. The first-order valence-corrected chi connectivity index (χ1v) is 11.6. The van der Waals surface area contributed by atoms with Crippen LogP contribution < -0.4 is 9.64 Å². The maximum absolute atomic E-state index is 12.6. The van der Waals surface area contributed by atoms with E-state index in [1.165, 1.54) is 0 Å². The molecular formula is C25H26Cl2N4O2. The molecule has 0 bridgehead atoms. The van der Waals surface area contributed by atoms with Crippen LogP contribution in [0.3, 0.4) is 0 Å². The van der Waals surface area contributed by atoms with Gasteiger partial charge in [-0.2, -0.15) is 0 Å². The van der Waals surface area contributed by atoms with Crippen molar-refractivity contribution < 1.29 is 9.53 Å². The lowest BCUT2D eigenvalue weighted by molar-refractivity contribution is -0.133. The fraction of sp³-hybridized carbons (Fsp3) is 0.320. The number of anilines is 1. The zero-order valence-corrected chi connectivity index (χ0v) is 20.2. The summed E-state index contributed by atoms with van der Waals surface area (Å²) >= 11 is 11.9. The Morgan fingerprint density at radius 1 is 0.909 bits per heavy atom. The number of carbonyl (C=O) groups excluding carboxylic acids is 1. The lowest BCUT2D eigenvalue weighted by Gasteiger charge is -2.36. The Hall–Kier alpha value is -2.83. The molecule has 0 radical (unpaired) electrons. The van der Waals surface area contributed by atoms with Crippen LogP contribution in [-0.2, 0) is 11.2 Å². The van der Waals surface area contributed by atoms with Crippen molar-refractivity contribution in [1.82, 2.24) is 14.9 Å². The summed E-state index contributed by atoms with van der Waals surface area (Å²) < 4.78 is 5.62. The van der Waals surface area contributed by atoms with Crippen LogP contribution >= 0.6 is 23.2 Å². The van der Waals surface area contributed by atoms with Crippen molar-refractivity contribution in [2.45, 2.75) is 20.3 Å². The van der Waals surface area contributed by atoms with Crippen LogP contribution in [0.4, 0.5) is 5.82 Å². The molecule has 3 aromatic rings. The summed E-state index contributed by atoms with van der Waals surface area (Å²) in [5.41, 5.74) is 3.24. The highest BCUT2D eigenvalue weighted by atomic mass is 35.5. The van der Waals surface area contributed by atoms with Crippen LogP contribution in [-0.4, -0.2) is 53.6 Å². The van der Waals surface area contributed by atoms with Gasteiger partial charge in [0.05, 0.1) is 0 Å². The van der Waals surface area contributed by atoms with E-state index in [0.717, 1.165) is 39.9 Å². The largest absolute Gasteiger partial charge is 0.484 e. The molecule has 1 aromatic heterocycles. The molecule has 0 N–H and O–H groups in total. The Bertz CT molecular complexity index is 1110. The summed E-state index contributed by atoms with van der Waals surface area (Å²) in [5, 5.41) is 1.35. The lowest BCUT2D eigenvalue weighted by Crippen LogP contribution is -2.50. The van der Waals surface area contributed by atoms with Gasteiger partial charge in [0.25, 0.3) is 5.91 Å². The standard InChI is InChI=1S/C25H26Cl2N4O2/c1-17-23(15-19-3-5-20(26)6-4-19)25(29-18(2)28-17)31-13-11-30(12-14-31)24(32)16-33-22-9-7-21(27)8-10-22/h3-10H,11-16H2,1-2H3. The van der Waals surface area contributed by atoms with Gasteiger partial charge in [0.2, 0.25) is 0 Å². The number of amides is 1. The number of nitrogens with zero attached hydrogens (tertiary/aromatic N) is 4. The summed E-state index contributed by atoms with van der Waals surface area (Å²) in [4.78, 5) is 26.1. The third kappa shape index (κ3) is 5.95. The first-order valence-electron chi connectivity index (χ1n) is 10.9. The van der Waals surface area contributed by atoms with Gasteiger partial charge in [-0.15, -0.1) is 0 Å². The van der Waals surface area contributed by atoms with Gasteiger partial charge < -0.3 is 14.5 Å². The monoisotopic (exact) mass is 484 g/mol. The van der Waals surface area contributed by atoms with E-state index in [0.29, 0.717) is 37.0 Å². The van der Waals surface area contributed by atoms with E-state index in [-0.39, 0.29) is 12.5 Å². The summed E-state index contributed by atoms with van der Waals surface area (Å²) in [7, 11) is 0. The van der Waals surface area contributed by atoms with Gasteiger partial charge in [-0.3, -0.25) is 4.79 Å². The molecule has 2 heterocycles. The van der Waals surface area contributed by atoms with Crippen molar-refractivity contribution >= 4 is 34.9 Å². The maximum atomic E-state index is 12.6. The molecule has 1 aliphatic rings.